The van der Waals surface area contributed by atoms with Crippen LogP contribution in [-0.4, -0.2) is 12.1 Å². The van der Waals surface area contributed by atoms with E-state index in [1.165, 1.54) is 0 Å². The summed E-state index contributed by atoms with van der Waals surface area (Å²) in [6.07, 6.45) is 1.68. The SMILES string of the molecule is COc1ccc(COCc2cccnc2NN)cc1. The van der Waals surface area contributed by atoms with Gasteiger partial charge in [0.1, 0.15) is 11.6 Å². The summed E-state index contributed by atoms with van der Waals surface area (Å²) in [4.78, 5) is 4.11. The Morgan fingerprint density at radius 1 is 1.16 bits per heavy atom. The maximum absolute atomic E-state index is 5.65. The molecule has 0 atom stereocenters. The molecule has 0 saturated heterocycles. The molecule has 0 bridgehead atoms. The van der Waals surface area contributed by atoms with Crippen molar-refractivity contribution in [3.05, 3.63) is 53.7 Å². The second-order valence-electron chi connectivity index (χ2n) is 4.00. The standard InChI is InChI=1S/C14H17N3O2/c1-18-13-6-4-11(5-7-13)9-19-10-12-3-2-8-16-14(12)17-15/h2-8H,9-10,15H2,1H3,(H,16,17). The van der Waals surface area contributed by atoms with Crippen LogP contribution in [0.25, 0.3) is 0 Å². The average Bonchev–Trinajstić information content (AvgIpc) is 2.48. The zero-order valence-electron chi connectivity index (χ0n) is 10.8. The number of nitrogen functional groups attached to an aromatic ring is 1. The van der Waals surface area contributed by atoms with E-state index in [1.807, 2.05) is 36.4 Å². The molecule has 0 amide bonds. The van der Waals surface area contributed by atoms with Gasteiger partial charge in [0.05, 0.1) is 20.3 Å². The van der Waals surface area contributed by atoms with E-state index in [0.717, 1.165) is 16.9 Å². The molecule has 0 spiro atoms. The van der Waals surface area contributed by atoms with Crippen LogP contribution in [-0.2, 0) is 18.0 Å². The number of hydrazine groups is 1. The van der Waals surface area contributed by atoms with Crippen LogP contribution in [0.2, 0.25) is 0 Å². The van der Waals surface area contributed by atoms with Crippen molar-refractivity contribution in [2.24, 2.45) is 5.84 Å². The topological polar surface area (TPSA) is 69.4 Å². The Morgan fingerprint density at radius 2 is 1.95 bits per heavy atom. The van der Waals surface area contributed by atoms with Crippen LogP contribution in [0.1, 0.15) is 11.1 Å². The summed E-state index contributed by atoms with van der Waals surface area (Å²) in [6.45, 7) is 0.988. The van der Waals surface area contributed by atoms with Crippen LogP contribution in [0.5, 0.6) is 5.75 Å². The molecule has 5 nitrogen and oxygen atoms in total. The average molecular weight is 259 g/mol. The second-order valence-corrected chi connectivity index (χ2v) is 4.00. The molecule has 5 heteroatoms. The van der Waals surface area contributed by atoms with Gasteiger partial charge in [0.15, 0.2) is 0 Å². The number of pyridine rings is 1. The molecule has 2 aromatic rings. The van der Waals surface area contributed by atoms with Crippen molar-refractivity contribution in [3.63, 3.8) is 0 Å². The molecule has 0 fully saturated rings. The molecule has 100 valence electrons. The van der Waals surface area contributed by atoms with Gasteiger partial charge < -0.3 is 14.9 Å². The van der Waals surface area contributed by atoms with Crippen LogP contribution in [0.15, 0.2) is 42.6 Å². The van der Waals surface area contributed by atoms with Gasteiger partial charge in [-0.3, -0.25) is 0 Å². The third kappa shape index (κ3) is 3.67. The van der Waals surface area contributed by atoms with E-state index < -0.39 is 0 Å². The maximum Gasteiger partial charge on any atom is 0.145 e. The van der Waals surface area contributed by atoms with Crippen LogP contribution < -0.4 is 16.0 Å². The first-order valence-electron chi connectivity index (χ1n) is 5.94. The van der Waals surface area contributed by atoms with Gasteiger partial charge in [-0.15, -0.1) is 0 Å². The number of nitrogens with zero attached hydrogens (tertiary/aromatic N) is 1. The summed E-state index contributed by atoms with van der Waals surface area (Å²) < 4.78 is 10.7. The van der Waals surface area contributed by atoms with E-state index in [4.69, 9.17) is 15.3 Å². The zero-order chi connectivity index (χ0) is 13.5. The minimum absolute atomic E-state index is 0.458. The molecule has 1 heterocycles. The highest BCUT2D eigenvalue weighted by Gasteiger charge is 2.02. The lowest BCUT2D eigenvalue weighted by molar-refractivity contribution is 0.107. The van der Waals surface area contributed by atoms with Gasteiger partial charge in [-0.1, -0.05) is 18.2 Å². The van der Waals surface area contributed by atoms with Gasteiger partial charge in [0.25, 0.3) is 0 Å². The van der Waals surface area contributed by atoms with Crippen molar-refractivity contribution in [3.8, 4) is 5.75 Å². The third-order valence-electron chi connectivity index (χ3n) is 2.71. The number of benzene rings is 1. The number of rotatable bonds is 6. The summed E-state index contributed by atoms with van der Waals surface area (Å²) >= 11 is 0. The first-order valence-corrected chi connectivity index (χ1v) is 5.94. The van der Waals surface area contributed by atoms with Gasteiger partial charge in [-0.2, -0.15) is 0 Å². The van der Waals surface area contributed by atoms with Gasteiger partial charge in [0.2, 0.25) is 0 Å². The van der Waals surface area contributed by atoms with E-state index >= 15 is 0 Å². The Bertz CT molecular complexity index is 514. The largest absolute Gasteiger partial charge is 0.497 e. The van der Waals surface area contributed by atoms with Crippen molar-refractivity contribution >= 4 is 5.82 Å². The number of nitrogens with one attached hydrogen (secondary N) is 1. The van der Waals surface area contributed by atoms with Gasteiger partial charge in [-0.05, 0) is 23.8 Å². The number of methoxy groups -OCH3 is 1. The molecule has 2 rings (SSSR count). The van der Waals surface area contributed by atoms with Crippen LogP contribution in [0, 0.1) is 0 Å². The number of anilines is 1. The van der Waals surface area contributed by atoms with Crippen molar-refractivity contribution in [1.82, 2.24) is 4.98 Å². The smallest absolute Gasteiger partial charge is 0.145 e. The Morgan fingerprint density at radius 3 is 2.63 bits per heavy atom. The number of hydrogen-bond acceptors (Lipinski definition) is 5. The molecule has 0 aliphatic heterocycles. The van der Waals surface area contributed by atoms with Crippen molar-refractivity contribution in [2.75, 3.05) is 12.5 Å². The molecule has 0 aliphatic carbocycles. The Balaban J connectivity index is 1.88. The van der Waals surface area contributed by atoms with E-state index in [-0.39, 0.29) is 0 Å². The number of nitrogens with two attached hydrogens (primary N) is 1. The van der Waals surface area contributed by atoms with Crippen molar-refractivity contribution in [2.45, 2.75) is 13.2 Å². The number of hydrogen-bond donors (Lipinski definition) is 2. The van der Waals surface area contributed by atoms with E-state index in [2.05, 4.69) is 10.4 Å². The first kappa shape index (κ1) is 13.3. The minimum Gasteiger partial charge on any atom is -0.497 e. The summed E-state index contributed by atoms with van der Waals surface area (Å²) in [6, 6.07) is 11.6. The Hall–Kier alpha value is -2.11. The number of ether oxygens (including phenoxy) is 2. The second kappa shape index (κ2) is 6.72. The fourth-order valence-electron chi connectivity index (χ4n) is 1.69. The lowest BCUT2D eigenvalue weighted by Gasteiger charge is -2.08. The lowest BCUT2D eigenvalue weighted by Crippen LogP contribution is -2.11. The molecule has 19 heavy (non-hydrogen) atoms. The van der Waals surface area contributed by atoms with Crippen LogP contribution in [0.3, 0.4) is 0 Å². The molecule has 1 aromatic heterocycles. The monoisotopic (exact) mass is 259 g/mol. The predicted molar refractivity (Wildman–Crippen MR) is 73.5 cm³/mol. The van der Waals surface area contributed by atoms with E-state index in [0.29, 0.717) is 19.0 Å². The van der Waals surface area contributed by atoms with Crippen LogP contribution >= 0.6 is 0 Å². The first-order chi connectivity index (χ1) is 9.33. The molecule has 0 saturated carbocycles. The third-order valence-corrected chi connectivity index (χ3v) is 2.71. The molecule has 1 aromatic carbocycles. The van der Waals surface area contributed by atoms with Gasteiger partial charge in [-0.25, -0.2) is 10.8 Å². The summed E-state index contributed by atoms with van der Waals surface area (Å²) in [7, 11) is 1.65. The normalized spacial score (nSPS) is 10.2. The van der Waals surface area contributed by atoms with Crippen LogP contribution in [0.4, 0.5) is 5.82 Å². The van der Waals surface area contributed by atoms with Gasteiger partial charge in [0, 0.05) is 11.8 Å². The minimum atomic E-state index is 0.458. The van der Waals surface area contributed by atoms with E-state index in [9.17, 15) is 0 Å². The van der Waals surface area contributed by atoms with Crippen molar-refractivity contribution < 1.29 is 9.47 Å². The zero-order valence-corrected chi connectivity index (χ0v) is 10.8. The highest BCUT2D eigenvalue weighted by atomic mass is 16.5. The molecule has 3 N–H and O–H groups in total. The molecule has 0 aliphatic rings. The fraction of sp³-hybridized carbons (Fsp3) is 0.214. The van der Waals surface area contributed by atoms with Gasteiger partial charge >= 0.3 is 0 Å². The molecule has 0 radical (unpaired) electrons. The maximum atomic E-state index is 5.65. The summed E-state index contributed by atoms with van der Waals surface area (Å²) in [5.41, 5.74) is 4.57. The Kier molecular flexibility index (Phi) is 4.72. The Labute approximate surface area is 112 Å². The lowest BCUT2D eigenvalue weighted by atomic mass is 10.2. The quantitative estimate of drug-likeness (QED) is 0.614. The van der Waals surface area contributed by atoms with E-state index in [1.54, 1.807) is 13.3 Å². The molecular formula is C14H17N3O2. The highest BCUT2D eigenvalue weighted by molar-refractivity contribution is 5.41. The summed E-state index contributed by atoms with van der Waals surface area (Å²) in [5, 5.41) is 0. The molecular weight excluding hydrogens is 242 g/mol. The number of aromatic nitrogens is 1. The molecule has 0 unspecified atom stereocenters. The fourth-order valence-corrected chi connectivity index (χ4v) is 1.69. The predicted octanol–water partition coefficient (Wildman–Crippen LogP) is 2.09. The van der Waals surface area contributed by atoms with Crippen molar-refractivity contribution in [1.29, 1.82) is 0 Å². The highest BCUT2D eigenvalue weighted by Crippen LogP contribution is 2.14. The summed E-state index contributed by atoms with van der Waals surface area (Å²) in [5.74, 6) is 6.86.